The molecule has 2 aromatic carbocycles. The summed E-state index contributed by atoms with van der Waals surface area (Å²) in [5.41, 5.74) is 2.43. The van der Waals surface area contributed by atoms with Gasteiger partial charge in [-0.1, -0.05) is 49.2 Å². The number of aryl methyl sites for hydroxylation is 2. The molecule has 0 atom stereocenters. The van der Waals surface area contributed by atoms with Crippen molar-refractivity contribution < 1.29 is 9.05 Å². The normalized spacial score (nSPS) is 11.5. The third-order valence-electron chi connectivity index (χ3n) is 3.11. The van der Waals surface area contributed by atoms with Gasteiger partial charge in [-0.3, -0.25) is 9.05 Å². The highest BCUT2D eigenvalue weighted by molar-refractivity contribution is 9.41. The Kier molecular flexibility index (Phi) is 5.88. The van der Waals surface area contributed by atoms with Crippen LogP contribution in [0, 0.1) is 19.8 Å². The molecule has 2 rings (SSSR count). The molecule has 0 unspecified atom stereocenters. The van der Waals surface area contributed by atoms with Crippen LogP contribution in [0.2, 0.25) is 0 Å². The molecule has 2 nitrogen and oxygen atoms in total. The van der Waals surface area contributed by atoms with Crippen LogP contribution in [0.3, 0.4) is 0 Å². The Bertz CT molecular complexity index is 546. The number of hydrogen-bond acceptors (Lipinski definition) is 2. The average molecular weight is 382 g/mol. The van der Waals surface area contributed by atoms with Crippen LogP contribution in [0.5, 0.6) is 11.5 Å². The first-order chi connectivity index (χ1) is 10.4. The fraction of sp³-hybridized carbons (Fsp3) is 0.333. The van der Waals surface area contributed by atoms with E-state index in [0.29, 0.717) is 5.92 Å². The van der Waals surface area contributed by atoms with Gasteiger partial charge in [-0.05, 0) is 44.0 Å². The molecule has 0 aliphatic rings. The standard InChI is InChI=1S/C18H23BrO2P/c1-14(2)13-22(19,20-17-9-5-15(3)6-10-17)21-18-11-7-16(4)8-12-18/h5-12,14H,13H2,1-4H3/q+1. The molecule has 0 N–H and O–H groups in total. The zero-order valence-corrected chi connectivity index (χ0v) is 16.0. The van der Waals surface area contributed by atoms with Crippen molar-refractivity contribution in [3.63, 3.8) is 0 Å². The Labute approximate surface area is 142 Å². The minimum atomic E-state index is -2.19. The number of benzene rings is 2. The predicted molar refractivity (Wildman–Crippen MR) is 99.2 cm³/mol. The third-order valence-corrected chi connectivity index (χ3v) is 6.98. The highest BCUT2D eigenvalue weighted by Crippen LogP contribution is 2.67. The van der Waals surface area contributed by atoms with Crippen molar-refractivity contribution in [2.45, 2.75) is 27.7 Å². The molecular weight excluding hydrogens is 359 g/mol. The summed E-state index contributed by atoms with van der Waals surface area (Å²) in [6.07, 6.45) is -1.34. The summed E-state index contributed by atoms with van der Waals surface area (Å²) < 4.78 is 12.4. The van der Waals surface area contributed by atoms with Crippen molar-refractivity contribution in [2.24, 2.45) is 5.92 Å². The van der Waals surface area contributed by atoms with Crippen LogP contribution in [0.4, 0.5) is 0 Å². The first kappa shape index (κ1) is 17.3. The van der Waals surface area contributed by atoms with Crippen LogP contribution in [0.15, 0.2) is 48.5 Å². The lowest BCUT2D eigenvalue weighted by molar-refractivity contribution is 0.473. The van der Waals surface area contributed by atoms with E-state index < -0.39 is 6.42 Å². The van der Waals surface area contributed by atoms with Crippen molar-refractivity contribution >= 4 is 21.9 Å². The minimum absolute atomic E-state index is 0.476. The lowest BCUT2D eigenvalue weighted by atomic mass is 10.2. The highest BCUT2D eigenvalue weighted by Gasteiger charge is 2.44. The van der Waals surface area contributed by atoms with Gasteiger partial charge in [0.25, 0.3) is 0 Å². The number of hydrogen-bond donors (Lipinski definition) is 0. The van der Waals surface area contributed by atoms with Crippen molar-refractivity contribution in [1.82, 2.24) is 0 Å². The van der Waals surface area contributed by atoms with E-state index in [2.05, 4.69) is 43.2 Å². The molecule has 2 aromatic rings. The van der Waals surface area contributed by atoms with E-state index in [1.54, 1.807) is 0 Å². The smallest absolute Gasteiger partial charge is 0.298 e. The summed E-state index contributed by atoms with van der Waals surface area (Å²) in [6, 6.07) is 16.2. The summed E-state index contributed by atoms with van der Waals surface area (Å²) in [6.45, 7) is 8.48. The zero-order valence-electron chi connectivity index (χ0n) is 13.5. The van der Waals surface area contributed by atoms with E-state index in [1.807, 2.05) is 48.5 Å². The Hall–Kier alpha value is -1.05. The SMILES string of the molecule is Cc1ccc(O[P+](Br)(CC(C)C)Oc2ccc(C)cc2)cc1. The zero-order chi connectivity index (χ0) is 16.2. The Morgan fingerprint density at radius 1 is 0.818 bits per heavy atom. The van der Waals surface area contributed by atoms with Crippen molar-refractivity contribution in [1.29, 1.82) is 0 Å². The van der Waals surface area contributed by atoms with Gasteiger partial charge in [0.1, 0.15) is 6.16 Å². The van der Waals surface area contributed by atoms with E-state index in [-0.39, 0.29) is 0 Å². The molecule has 0 aromatic heterocycles. The van der Waals surface area contributed by atoms with Crippen LogP contribution >= 0.6 is 21.9 Å². The molecule has 0 spiro atoms. The summed E-state index contributed by atoms with van der Waals surface area (Å²) in [5.74, 6) is 2.15. The first-order valence-electron chi connectivity index (χ1n) is 7.46. The highest BCUT2D eigenvalue weighted by atomic mass is 79.9. The Morgan fingerprint density at radius 3 is 1.50 bits per heavy atom. The lowest BCUT2D eigenvalue weighted by Crippen LogP contribution is -2.11. The van der Waals surface area contributed by atoms with Crippen LogP contribution in [-0.4, -0.2) is 6.16 Å². The molecule has 22 heavy (non-hydrogen) atoms. The van der Waals surface area contributed by atoms with Gasteiger partial charge in [0.2, 0.25) is 15.5 Å². The van der Waals surface area contributed by atoms with E-state index in [0.717, 1.165) is 17.7 Å². The fourth-order valence-electron chi connectivity index (χ4n) is 2.04. The van der Waals surface area contributed by atoms with Crippen molar-refractivity contribution in [3.05, 3.63) is 59.7 Å². The number of rotatable bonds is 6. The molecule has 0 amide bonds. The molecule has 0 fully saturated rings. The average Bonchev–Trinajstić information content (AvgIpc) is 2.43. The molecular formula is C18H23BrO2P+. The summed E-state index contributed by atoms with van der Waals surface area (Å²) in [5, 5.41) is 0. The molecule has 0 saturated carbocycles. The Morgan fingerprint density at radius 2 is 1.18 bits per heavy atom. The second-order valence-electron chi connectivity index (χ2n) is 5.98. The molecule has 0 radical (unpaired) electrons. The van der Waals surface area contributed by atoms with E-state index in [9.17, 15) is 0 Å². The molecule has 0 aliphatic heterocycles. The van der Waals surface area contributed by atoms with Gasteiger partial charge in [0.05, 0.1) is 0 Å². The molecule has 4 heteroatoms. The van der Waals surface area contributed by atoms with Gasteiger partial charge in [-0.2, -0.15) is 0 Å². The minimum Gasteiger partial charge on any atom is -0.298 e. The van der Waals surface area contributed by atoms with Crippen LogP contribution in [0.1, 0.15) is 25.0 Å². The topological polar surface area (TPSA) is 18.5 Å². The second-order valence-corrected chi connectivity index (χ2v) is 11.1. The fourth-order valence-corrected chi connectivity index (χ4v) is 6.71. The van der Waals surface area contributed by atoms with E-state index in [4.69, 9.17) is 9.05 Å². The molecule has 0 heterocycles. The van der Waals surface area contributed by atoms with Gasteiger partial charge < -0.3 is 0 Å². The largest absolute Gasteiger partial charge is 0.430 e. The third kappa shape index (κ3) is 5.30. The monoisotopic (exact) mass is 381 g/mol. The van der Waals surface area contributed by atoms with E-state index in [1.165, 1.54) is 11.1 Å². The quantitative estimate of drug-likeness (QED) is 0.526. The molecule has 0 saturated heterocycles. The Balaban J connectivity index is 2.18. The molecule has 0 bridgehead atoms. The van der Waals surface area contributed by atoms with Crippen LogP contribution in [0.25, 0.3) is 0 Å². The van der Waals surface area contributed by atoms with Crippen LogP contribution in [-0.2, 0) is 0 Å². The summed E-state index contributed by atoms with van der Waals surface area (Å²) >= 11 is 3.76. The maximum atomic E-state index is 6.21. The van der Waals surface area contributed by atoms with Gasteiger partial charge in [-0.15, -0.1) is 0 Å². The lowest BCUT2D eigenvalue weighted by Gasteiger charge is -2.20. The number of halogens is 1. The van der Waals surface area contributed by atoms with Gasteiger partial charge in [0, 0.05) is 0 Å². The molecule has 0 aliphatic carbocycles. The van der Waals surface area contributed by atoms with Crippen LogP contribution < -0.4 is 9.05 Å². The van der Waals surface area contributed by atoms with Crippen molar-refractivity contribution in [3.8, 4) is 11.5 Å². The van der Waals surface area contributed by atoms with Gasteiger partial charge in [-0.25, -0.2) is 0 Å². The molecule has 118 valence electrons. The first-order valence-corrected chi connectivity index (χ1v) is 11.3. The summed E-state index contributed by atoms with van der Waals surface area (Å²) in [7, 11) is 0. The van der Waals surface area contributed by atoms with Gasteiger partial charge >= 0.3 is 6.42 Å². The maximum absolute atomic E-state index is 6.21. The maximum Gasteiger partial charge on any atom is 0.430 e. The predicted octanol–water partition coefficient (Wildman–Crippen LogP) is 6.57. The second kappa shape index (κ2) is 7.48. The summed E-state index contributed by atoms with van der Waals surface area (Å²) in [4.78, 5) is 0. The van der Waals surface area contributed by atoms with Crippen molar-refractivity contribution in [2.75, 3.05) is 6.16 Å². The van der Waals surface area contributed by atoms with E-state index >= 15 is 0 Å². The van der Waals surface area contributed by atoms with Gasteiger partial charge in [0.15, 0.2) is 11.5 Å².